The van der Waals surface area contributed by atoms with Crippen LogP contribution in [-0.4, -0.2) is 30.6 Å². The van der Waals surface area contributed by atoms with Gasteiger partial charge < -0.3 is 10.5 Å². The van der Waals surface area contributed by atoms with E-state index in [4.69, 9.17) is 10.5 Å². The standard InChI is InChI=1S/C16H26N2O.ClH/c1-2-19-16-8-5-6-14(12-16)13-18-11-4-3-7-15(18)9-10-17;/h5-6,8,12,15H,2-4,7,9-11,13,17H2,1H3;1H. The smallest absolute Gasteiger partial charge is 0.119 e. The van der Waals surface area contributed by atoms with Gasteiger partial charge in [-0.2, -0.15) is 0 Å². The van der Waals surface area contributed by atoms with Crippen LogP contribution in [0.3, 0.4) is 0 Å². The quantitative estimate of drug-likeness (QED) is 0.876. The third-order valence-corrected chi connectivity index (χ3v) is 3.84. The van der Waals surface area contributed by atoms with E-state index in [1.165, 1.54) is 31.4 Å². The van der Waals surface area contributed by atoms with Gasteiger partial charge in [-0.05, 0) is 57.0 Å². The normalized spacial score (nSPS) is 19.4. The molecule has 1 atom stereocenters. The second-order valence-corrected chi connectivity index (χ2v) is 5.28. The van der Waals surface area contributed by atoms with Gasteiger partial charge in [0.25, 0.3) is 0 Å². The Morgan fingerprint density at radius 3 is 2.95 bits per heavy atom. The molecular formula is C16H27ClN2O. The summed E-state index contributed by atoms with van der Waals surface area (Å²) in [5.74, 6) is 0.979. The van der Waals surface area contributed by atoms with E-state index in [9.17, 15) is 0 Å². The SMILES string of the molecule is CCOc1cccc(CN2CCCCC2CCN)c1.Cl. The first-order valence-electron chi connectivity index (χ1n) is 7.49. The van der Waals surface area contributed by atoms with Crippen molar-refractivity contribution in [1.82, 2.24) is 4.90 Å². The Bertz CT molecular complexity index is 384. The van der Waals surface area contributed by atoms with Crippen molar-refractivity contribution in [3.8, 4) is 5.75 Å². The summed E-state index contributed by atoms with van der Waals surface area (Å²) in [7, 11) is 0. The van der Waals surface area contributed by atoms with Crippen molar-refractivity contribution in [2.45, 2.75) is 45.2 Å². The second-order valence-electron chi connectivity index (χ2n) is 5.28. The van der Waals surface area contributed by atoms with E-state index in [0.717, 1.165) is 31.9 Å². The minimum atomic E-state index is 0. The Morgan fingerprint density at radius 2 is 2.20 bits per heavy atom. The largest absolute Gasteiger partial charge is 0.494 e. The zero-order chi connectivity index (χ0) is 13.5. The lowest BCUT2D eigenvalue weighted by Crippen LogP contribution is -2.40. The number of rotatable bonds is 6. The van der Waals surface area contributed by atoms with Crippen LogP contribution >= 0.6 is 12.4 Å². The summed E-state index contributed by atoms with van der Waals surface area (Å²) in [5.41, 5.74) is 7.07. The number of nitrogens with two attached hydrogens (primary N) is 1. The minimum absolute atomic E-state index is 0. The van der Waals surface area contributed by atoms with Crippen LogP contribution in [0.5, 0.6) is 5.75 Å². The van der Waals surface area contributed by atoms with Crippen LogP contribution in [0.2, 0.25) is 0 Å². The van der Waals surface area contributed by atoms with Crippen molar-refractivity contribution in [2.75, 3.05) is 19.7 Å². The molecule has 3 nitrogen and oxygen atoms in total. The van der Waals surface area contributed by atoms with Crippen molar-refractivity contribution in [2.24, 2.45) is 5.73 Å². The molecule has 1 unspecified atom stereocenters. The average molecular weight is 299 g/mol. The predicted molar refractivity (Wildman–Crippen MR) is 86.6 cm³/mol. The van der Waals surface area contributed by atoms with Gasteiger partial charge in [-0.25, -0.2) is 0 Å². The molecule has 0 amide bonds. The molecule has 1 fully saturated rings. The molecule has 0 aromatic heterocycles. The average Bonchev–Trinajstić information content (AvgIpc) is 2.42. The molecule has 1 heterocycles. The first kappa shape index (κ1) is 17.3. The molecule has 20 heavy (non-hydrogen) atoms. The van der Waals surface area contributed by atoms with E-state index in [0.29, 0.717) is 6.04 Å². The number of halogens is 1. The van der Waals surface area contributed by atoms with Crippen LogP contribution in [0.25, 0.3) is 0 Å². The zero-order valence-corrected chi connectivity index (χ0v) is 13.2. The summed E-state index contributed by atoms with van der Waals surface area (Å²) in [4.78, 5) is 2.58. The van der Waals surface area contributed by atoms with Crippen molar-refractivity contribution >= 4 is 12.4 Å². The molecular weight excluding hydrogens is 272 g/mol. The zero-order valence-electron chi connectivity index (χ0n) is 12.4. The van der Waals surface area contributed by atoms with E-state index in [-0.39, 0.29) is 12.4 Å². The van der Waals surface area contributed by atoms with Crippen molar-refractivity contribution in [1.29, 1.82) is 0 Å². The molecule has 0 spiro atoms. The number of likely N-dealkylation sites (tertiary alicyclic amines) is 1. The third-order valence-electron chi connectivity index (χ3n) is 3.84. The first-order chi connectivity index (χ1) is 9.33. The van der Waals surface area contributed by atoms with Gasteiger partial charge in [0.15, 0.2) is 0 Å². The first-order valence-corrected chi connectivity index (χ1v) is 7.49. The number of ether oxygens (including phenoxy) is 1. The number of hydrogen-bond donors (Lipinski definition) is 1. The molecule has 1 aromatic rings. The van der Waals surface area contributed by atoms with Gasteiger partial charge in [0, 0.05) is 12.6 Å². The van der Waals surface area contributed by atoms with Gasteiger partial charge in [-0.1, -0.05) is 18.6 Å². The lowest BCUT2D eigenvalue weighted by Gasteiger charge is -2.35. The van der Waals surface area contributed by atoms with Crippen LogP contribution in [-0.2, 0) is 6.54 Å². The molecule has 1 aliphatic heterocycles. The number of hydrogen-bond acceptors (Lipinski definition) is 3. The third kappa shape index (κ3) is 4.97. The summed E-state index contributed by atoms with van der Waals surface area (Å²) in [6.07, 6.45) is 5.07. The lowest BCUT2D eigenvalue weighted by molar-refractivity contribution is 0.134. The van der Waals surface area contributed by atoms with Crippen molar-refractivity contribution in [3.63, 3.8) is 0 Å². The van der Waals surface area contributed by atoms with Crippen LogP contribution in [0.1, 0.15) is 38.2 Å². The maximum absolute atomic E-state index is 5.73. The molecule has 0 saturated carbocycles. The predicted octanol–water partition coefficient (Wildman–Crippen LogP) is 3.21. The molecule has 1 saturated heterocycles. The Kier molecular flexibility index (Phi) is 7.97. The van der Waals surface area contributed by atoms with Gasteiger partial charge in [0.2, 0.25) is 0 Å². The van der Waals surface area contributed by atoms with Gasteiger partial charge in [-0.15, -0.1) is 12.4 Å². The van der Waals surface area contributed by atoms with Crippen molar-refractivity contribution < 1.29 is 4.74 Å². The summed E-state index contributed by atoms with van der Waals surface area (Å²) in [6.45, 7) is 5.76. The summed E-state index contributed by atoms with van der Waals surface area (Å²) < 4.78 is 5.57. The Labute approximate surface area is 128 Å². The van der Waals surface area contributed by atoms with E-state index < -0.39 is 0 Å². The highest BCUT2D eigenvalue weighted by atomic mass is 35.5. The molecule has 1 aliphatic rings. The van der Waals surface area contributed by atoms with E-state index in [1.807, 2.05) is 13.0 Å². The molecule has 1 aromatic carbocycles. The van der Waals surface area contributed by atoms with E-state index in [2.05, 4.69) is 23.1 Å². The molecule has 0 radical (unpaired) electrons. The molecule has 114 valence electrons. The van der Waals surface area contributed by atoms with Crippen LogP contribution < -0.4 is 10.5 Å². The monoisotopic (exact) mass is 298 g/mol. The molecule has 2 rings (SSSR count). The van der Waals surface area contributed by atoms with Gasteiger partial charge in [-0.3, -0.25) is 4.90 Å². The van der Waals surface area contributed by atoms with Gasteiger partial charge in [0.05, 0.1) is 6.61 Å². The summed E-state index contributed by atoms with van der Waals surface area (Å²) in [6, 6.07) is 9.13. The maximum atomic E-state index is 5.73. The van der Waals surface area contributed by atoms with E-state index in [1.54, 1.807) is 0 Å². The minimum Gasteiger partial charge on any atom is -0.494 e. The summed E-state index contributed by atoms with van der Waals surface area (Å²) >= 11 is 0. The molecule has 0 bridgehead atoms. The van der Waals surface area contributed by atoms with E-state index >= 15 is 0 Å². The van der Waals surface area contributed by atoms with Crippen LogP contribution in [0, 0.1) is 0 Å². The molecule has 0 aliphatic carbocycles. The summed E-state index contributed by atoms with van der Waals surface area (Å²) in [5, 5.41) is 0. The number of benzene rings is 1. The van der Waals surface area contributed by atoms with Crippen LogP contribution in [0.15, 0.2) is 24.3 Å². The van der Waals surface area contributed by atoms with Gasteiger partial charge >= 0.3 is 0 Å². The topological polar surface area (TPSA) is 38.5 Å². The highest BCUT2D eigenvalue weighted by Gasteiger charge is 2.21. The Balaban J connectivity index is 0.00000200. The molecule has 2 N–H and O–H groups in total. The Morgan fingerprint density at radius 1 is 1.35 bits per heavy atom. The highest BCUT2D eigenvalue weighted by Crippen LogP contribution is 2.23. The highest BCUT2D eigenvalue weighted by molar-refractivity contribution is 5.85. The second kappa shape index (κ2) is 9.22. The fraction of sp³-hybridized carbons (Fsp3) is 0.625. The van der Waals surface area contributed by atoms with Gasteiger partial charge in [0.1, 0.15) is 5.75 Å². The fourth-order valence-corrected chi connectivity index (χ4v) is 2.92. The lowest BCUT2D eigenvalue weighted by atomic mass is 9.98. The van der Waals surface area contributed by atoms with Crippen molar-refractivity contribution in [3.05, 3.63) is 29.8 Å². The number of nitrogens with zero attached hydrogens (tertiary/aromatic N) is 1. The fourth-order valence-electron chi connectivity index (χ4n) is 2.92. The molecule has 4 heteroatoms. The van der Waals surface area contributed by atoms with Crippen LogP contribution in [0.4, 0.5) is 0 Å². The number of piperidine rings is 1. The Hall–Kier alpha value is -0.770. The maximum Gasteiger partial charge on any atom is 0.119 e.